The van der Waals surface area contributed by atoms with Crippen molar-refractivity contribution < 1.29 is 0 Å². The molecule has 2 nitrogen and oxygen atoms in total. The summed E-state index contributed by atoms with van der Waals surface area (Å²) in [4.78, 5) is 9.94. The summed E-state index contributed by atoms with van der Waals surface area (Å²) >= 11 is 0. The van der Waals surface area contributed by atoms with Crippen molar-refractivity contribution in [3.05, 3.63) is 182 Å². The van der Waals surface area contributed by atoms with Gasteiger partial charge in [-0.2, -0.15) is 0 Å². The third-order valence-corrected chi connectivity index (χ3v) is 10.1. The highest BCUT2D eigenvalue weighted by molar-refractivity contribution is 6.24. The number of pyridine rings is 2. The molecule has 0 unspecified atom stereocenters. The van der Waals surface area contributed by atoms with Crippen LogP contribution < -0.4 is 0 Å². The predicted octanol–water partition coefficient (Wildman–Crippen LogP) is 12.9. The van der Waals surface area contributed by atoms with E-state index in [-0.39, 0.29) is 0 Å². The van der Waals surface area contributed by atoms with Crippen molar-refractivity contribution in [3.8, 4) is 44.6 Å². The van der Waals surface area contributed by atoms with Gasteiger partial charge in [-0.3, -0.25) is 4.98 Å². The molecule has 2 aromatic heterocycles. The molecule has 10 aromatic rings. The first-order chi connectivity index (χ1) is 24.8. The van der Waals surface area contributed by atoms with E-state index in [1.165, 1.54) is 65.7 Å². The molecule has 2 heterocycles. The Hall–Kier alpha value is -6.64. The molecular formula is C48H30N2. The lowest BCUT2D eigenvalue weighted by Crippen LogP contribution is -1.93. The van der Waals surface area contributed by atoms with Crippen LogP contribution in [0.2, 0.25) is 0 Å². The Morgan fingerprint density at radius 1 is 0.320 bits per heavy atom. The highest BCUT2D eigenvalue weighted by Gasteiger charge is 2.19. The molecule has 0 radical (unpaired) electrons. The van der Waals surface area contributed by atoms with Gasteiger partial charge in [0.2, 0.25) is 0 Å². The van der Waals surface area contributed by atoms with Gasteiger partial charge in [-0.15, -0.1) is 0 Å². The van der Waals surface area contributed by atoms with Crippen LogP contribution in [0.4, 0.5) is 0 Å². The van der Waals surface area contributed by atoms with E-state index in [0.29, 0.717) is 0 Å². The van der Waals surface area contributed by atoms with Crippen LogP contribution in [0.5, 0.6) is 0 Å². The largest absolute Gasteiger partial charge is 0.254 e. The van der Waals surface area contributed by atoms with Crippen LogP contribution in [0.15, 0.2) is 182 Å². The maximum atomic E-state index is 5.24. The van der Waals surface area contributed by atoms with Crippen LogP contribution in [0.3, 0.4) is 0 Å². The number of aromatic nitrogens is 2. The third-order valence-electron chi connectivity index (χ3n) is 10.1. The van der Waals surface area contributed by atoms with Crippen LogP contribution >= 0.6 is 0 Å². The Labute approximate surface area is 290 Å². The number of hydrogen-bond donors (Lipinski definition) is 0. The summed E-state index contributed by atoms with van der Waals surface area (Å²) in [5.74, 6) is 0. The summed E-state index contributed by atoms with van der Waals surface area (Å²) in [5, 5.41) is 9.54. The number of benzene rings is 8. The van der Waals surface area contributed by atoms with E-state index >= 15 is 0 Å². The molecule has 0 fully saturated rings. The van der Waals surface area contributed by atoms with Crippen LogP contribution in [0.25, 0.3) is 98.8 Å². The van der Waals surface area contributed by atoms with Crippen molar-refractivity contribution in [2.75, 3.05) is 0 Å². The molecule has 0 spiro atoms. The first-order valence-corrected chi connectivity index (χ1v) is 17.1. The van der Waals surface area contributed by atoms with Gasteiger partial charge in [0.1, 0.15) is 0 Å². The molecule has 0 atom stereocenters. The number of rotatable bonds is 4. The van der Waals surface area contributed by atoms with Gasteiger partial charge in [-0.25, -0.2) is 4.98 Å². The summed E-state index contributed by atoms with van der Waals surface area (Å²) in [6.45, 7) is 0. The van der Waals surface area contributed by atoms with Crippen molar-refractivity contribution in [2.24, 2.45) is 0 Å². The zero-order valence-corrected chi connectivity index (χ0v) is 27.2. The molecule has 0 aliphatic rings. The van der Waals surface area contributed by atoms with Crippen molar-refractivity contribution in [3.63, 3.8) is 0 Å². The molecule has 0 amide bonds. The molecule has 0 bridgehead atoms. The van der Waals surface area contributed by atoms with Crippen LogP contribution in [0, 0.1) is 0 Å². The smallest absolute Gasteiger partial charge is 0.0972 e. The molecule has 0 saturated carbocycles. The fourth-order valence-corrected chi connectivity index (χ4v) is 7.83. The zero-order valence-electron chi connectivity index (χ0n) is 27.2. The fraction of sp³-hybridized carbons (Fsp3) is 0. The minimum atomic E-state index is 0.928. The van der Waals surface area contributed by atoms with Gasteiger partial charge in [-0.1, -0.05) is 158 Å². The van der Waals surface area contributed by atoms with E-state index in [4.69, 9.17) is 9.97 Å². The zero-order chi connectivity index (χ0) is 33.0. The Morgan fingerprint density at radius 3 is 1.58 bits per heavy atom. The number of fused-ring (bicyclic) bond motifs is 6. The van der Waals surface area contributed by atoms with Gasteiger partial charge < -0.3 is 0 Å². The molecule has 0 saturated heterocycles. The van der Waals surface area contributed by atoms with Crippen molar-refractivity contribution >= 4 is 54.1 Å². The summed E-state index contributed by atoms with van der Waals surface area (Å²) in [5.41, 5.74) is 11.3. The molecule has 0 N–H and O–H groups in total. The molecular weight excluding hydrogens is 605 g/mol. The Bertz CT molecular complexity index is 2870. The van der Waals surface area contributed by atoms with E-state index in [0.717, 1.165) is 33.1 Å². The van der Waals surface area contributed by atoms with Gasteiger partial charge >= 0.3 is 0 Å². The van der Waals surface area contributed by atoms with Gasteiger partial charge in [0, 0.05) is 22.5 Å². The predicted molar refractivity (Wildman–Crippen MR) is 211 cm³/mol. The highest BCUT2D eigenvalue weighted by atomic mass is 14.8. The average Bonchev–Trinajstić information content (AvgIpc) is 3.20. The molecule has 8 aromatic carbocycles. The highest BCUT2D eigenvalue weighted by Crippen LogP contribution is 2.46. The monoisotopic (exact) mass is 634 g/mol. The summed E-state index contributed by atoms with van der Waals surface area (Å²) in [6.07, 6.45) is 1.85. The van der Waals surface area contributed by atoms with Gasteiger partial charge in [0.05, 0.1) is 16.7 Å². The Balaban J connectivity index is 1.22. The van der Waals surface area contributed by atoms with Gasteiger partial charge in [0.25, 0.3) is 0 Å². The van der Waals surface area contributed by atoms with E-state index < -0.39 is 0 Å². The molecule has 0 aliphatic carbocycles. The molecule has 50 heavy (non-hydrogen) atoms. The third kappa shape index (κ3) is 4.50. The molecule has 2 heteroatoms. The molecule has 232 valence electrons. The second-order valence-corrected chi connectivity index (χ2v) is 12.9. The quantitative estimate of drug-likeness (QED) is 0.142. The average molecular weight is 635 g/mol. The van der Waals surface area contributed by atoms with E-state index in [9.17, 15) is 0 Å². The molecule has 0 aliphatic heterocycles. The minimum absolute atomic E-state index is 0.928. The van der Waals surface area contributed by atoms with Crippen molar-refractivity contribution in [2.45, 2.75) is 0 Å². The maximum absolute atomic E-state index is 5.24. The summed E-state index contributed by atoms with van der Waals surface area (Å²) < 4.78 is 0. The maximum Gasteiger partial charge on any atom is 0.0972 e. The van der Waals surface area contributed by atoms with E-state index in [1.54, 1.807) is 0 Å². The van der Waals surface area contributed by atoms with Crippen molar-refractivity contribution in [1.29, 1.82) is 0 Å². The van der Waals surface area contributed by atoms with Crippen molar-refractivity contribution in [1.82, 2.24) is 9.97 Å². The number of hydrogen-bond acceptors (Lipinski definition) is 2. The lowest BCUT2D eigenvalue weighted by atomic mass is 9.83. The normalized spacial score (nSPS) is 11.6. The SMILES string of the molecule is c1ccc(-c2cccc(-c3c4ccccc4c(-c4ccc(-c5ccc6ccc7cccnc7c6n5)c5ccccc45)c4ccccc34)c2)cc1. The number of nitrogens with zero attached hydrogens (tertiary/aromatic N) is 2. The Morgan fingerprint density at radius 2 is 0.860 bits per heavy atom. The topological polar surface area (TPSA) is 25.8 Å². The van der Waals surface area contributed by atoms with E-state index in [2.05, 4.69) is 170 Å². The van der Waals surface area contributed by atoms with E-state index in [1.807, 2.05) is 12.3 Å². The first kappa shape index (κ1) is 28.4. The second-order valence-electron chi connectivity index (χ2n) is 12.9. The summed E-state index contributed by atoms with van der Waals surface area (Å²) in [6, 6.07) is 63.4. The summed E-state index contributed by atoms with van der Waals surface area (Å²) in [7, 11) is 0. The van der Waals surface area contributed by atoms with Crippen LogP contribution in [0.1, 0.15) is 0 Å². The lowest BCUT2D eigenvalue weighted by Gasteiger charge is -2.20. The van der Waals surface area contributed by atoms with Crippen LogP contribution in [-0.2, 0) is 0 Å². The lowest BCUT2D eigenvalue weighted by molar-refractivity contribution is 1.37. The first-order valence-electron chi connectivity index (χ1n) is 17.1. The van der Waals surface area contributed by atoms with Crippen LogP contribution in [-0.4, -0.2) is 9.97 Å². The van der Waals surface area contributed by atoms with Gasteiger partial charge in [-0.05, 0) is 83.9 Å². The second kappa shape index (κ2) is 11.5. The minimum Gasteiger partial charge on any atom is -0.254 e. The Kier molecular flexibility index (Phi) is 6.53. The van der Waals surface area contributed by atoms with Gasteiger partial charge in [0.15, 0.2) is 0 Å². The standard InChI is InChI=1S/C48H30N2/c1-2-12-31(13-3-1)34-14-10-15-35(30-34)45-39-19-6-8-21-41(39)46(42-22-9-7-20-40(42)45)43-27-26-38(36-17-4-5-18-37(36)43)44-28-25-33-24-23-32-16-11-29-49-47(32)48(33)50-44/h1-30H. The molecule has 10 rings (SSSR count). The fourth-order valence-electron chi connectivity index (χ4n) is 7.83.